The number of hydrogen-bond acceptors (Lipinski definition) is 4. The molecule has 2 atom stereocenters. The fraction of sp³-hybridized carbons (Fsp3) is 0.875. The van der Waals surface area contributed by atoms with Crippen molar-refractivity contribution < 1.29 is 19.7 Å². The summed E-state index contributed by atoms with van der Waals surface area (Å²) in [5.41, 5.74) is -1.14. The quantitative estimate of drug-likeness (QED) is 0.595. The van der Waals surface area contributed by atoms with E-state index in [1.807, 2.05) is 0 Å². The highest BCUT2D eigenvalue weighted by molar-refractivity contribution is 5.65. The average Bonchev–Trinajstić information content (AvgIpc) is 1.81. The van der Waals surface area contributed by atoms with Crippen molar-refractivity contribution in [3.8, 4) is 0 Å². The summed E-state index contributed by atoms with van der Waals surface area (Å²) in [5.74, 6) is -0.430. The third kappa shape index (κ3) is 6.12. The predicted molar refractivity (Wildman–Crippen MR) is 43.6 cm³/mol. The Kier molecular flexibility index (Phi) is 4.20. The first-order valence-corrected chi connectivity index (χ1v) is 3.87. The molecule has 2 unspecified atom stereocenters. The van der Waals surface area contributed by atoms with Crippen LogP contribution >= 0.6 is 0 Å². The van der Waals surface area contributed by atoms with Crippen LogP contribution in [0.2, 0.25) is 0 Å². The second kappa shape index (κ2) is 4.42. The maximum atomic E-state index is 10.4. The highest BCUT2D eigenvalue weighted by atomic mass is 16.5. The summed E-state index contributed by atoms with van der Waals surface area (Å²) in [5, 5.41) is 18.4. The summed E-state index contributed by atoms with van der Waals surface area (Å²) >= 11 is 0. The molecule has 0 aromatic rings. The predicted octanol–water partition coefficient (Wildman–Crippen LogP) is 0.0714. The number of carbonyl (C=O) groups excluding carboxylic acids is 1. The smallest absolute Gasteiger partial charge is 0.302 e. The topological polar surface area (TPSA) is 66.8 Å². The average molecular weight is 176 g/mol. The first-order chi connectivity index (χ1) is 5.33. The summed E-state index contributed by atoms with van der Waals surface area (Å²) in [6.45, 7) is 4.29. The minimum Gasteiger partial charge on any atom is -0.463 e. The van der Waals surface area contributed by atoms with Crippen LogP contribution in [-0.4, -0.2) is 34.5 Å². The van der Waals surface area contributed by atoms with E-state index in [1.165, 1.54) is 13.8 Å². The minimum absolute atomic E-state index is 0.0762. The molecule has 4 heteroatoms. The van der Waals surface area contributed by atoms with E-state index in [4.69, 9.17) is 5.11 Å². The number of esters is 1. The highest BCUT2D eigenvalue weighted by Crippen LogP contribution is 2.12. The molecule has 0 amide bonds. The standard InChI is InChI=1S/C8H16O4/c1-6(9)4-8(3,11)5-12-7(2)10/h6,9,11H,4-5H2,1-3H3. The molecule has 4 nitrogen and oxygen atoms in total. The zero-order chi connectivity index (χ0) is 9.78. The van der Waals surface area contributed by atoms with Gasteiger partial charge in [-0.3, -0.25) is 4.79 Å². The molecule has 0 aromatic heterocycles. The van der Waals surface area contributed by atoms with Gasteiger partial charge >= 0.3 is 5.97 Å². The molecule has 12 heavy (non-hydrogen) atoms. The van der Waals surface area contributed by atoms with Gasteiger partial charge in [-0.15, -0.1) is 0 Å². The van der Waals surface area contributed by atoms with Crippen molar-refractivity contribution in [3.05, 3.63) is 0 Å². The lowest BCUT2D eigenvalue weighted by Crippen LogP contribution is -2.34. The number of hydrogen-bond donors (Lipinski definition) is 2. The number of aliphatic hydroxyl groups excluding tert-OH is 1. The van der Waals surface area contributed by atoms with Gasteiger partial charge in [0.1, 0.15) is 6.61 Å². The van der Waals surface area contributed by atoms with Crippen molar-refractivity contribution in [2.75, 3.05) is 6.61 Å². The molecule has 2 N–H and O–H groups in total. The third-order valence-corrected chi connectivity index (χ3v) is 1.32. The second-order valence-electron chi connectivity index (χ2n) is 3.33. The van der Waals surface area contributed by atoms with Crippen LogP contribution < -0.4 is 0 Å². The molecule has 0 bridgehead atoms. The van der Waals surface area contributed by atoms with Gasteiger partial charge in [0.2, 0.25) is 0 Å². The fourth-order valence-electron chi connectivity index (χ4n) is 0.952. The number of carbonyl (C=O) groups is 1. The van der Waals surface area contributed by atoms with Gasteiger partial charge in [-0.2, -0.15) is 0 Å². The Morgan fingerprint density at radius 1 is 1.67 bits per heavy atom. The van der Waals surface area contributed by atoms with E-state index in [1.54, 1.807) is 6.92 Å². The number of rotatable bonds is 4. The van der Waals surface area contributed by atoms with Gasteiger partial charge in [0.25, 0.3) is 0 Å². The van der Waals surface area contributed by atoms with Crippen molar-refractivity contribution in [2.45, 2.75) is 38.9 Å². The van der Waals surface area contributed by atoms with Crippen LogP contribution in [0.3, 0.4) is 0 Å². The summed E-state index contributed by atoms with van der Waals surface area (Å²) in [6, 6.07) is 0. The van der Waals surface area contributed by atoms with Crippen LogP contribution in [0.15, 0.2) is 0 Å². The lowest BCUT2D eigenvalue weighted by Gasteiger charge is -2.23. The Morgan fingerprint density at radius 3 is 2.50 bits per heavy atom. The van der Waals surface area contributed by atoms with E-state index < -0.39 is 17.7 Å². The molecule has 0 aromatic carbocycles. The summed E-state index contributed by atoms with van der Waals surface area (Å²) < 4.78 is 4.61. The fourth-order valence-corrected chi connectivity index (χ4v) is 0.952. The maximum Gasteiger partial charge on any atom is 0.302 e. The van der Waals surface area contributed by atoms with E-state index in [2.05, 4.69) is 4.74 Å². The summed E-state index contributed by atoms with van der Waals surface area (Å²) in [7, 11) is 0. The molecule has 72 valence electrons. The molecular formula is C8H16O4. The maximum absolute atomic E-state index is 10.4. The zero-order valence-corrected chi connectivity index (χ0v) is 7.70. The molecule has 0 aliphatic carbocycles. The lowest BCUT2D eigenvalue weighted by atomic mass is 10.0. The van der Waals surface area contributed by atoms with Crippen molar-refractivity contribution >= 4 is 5.97 Å². The van der Waals surface area contributed by atoms with E-state index in [9.17, 15) is 9.90 Å². The van der Waals surface area contributed by atoms with Gasteiger partial charge in [0.15, 0.2) is 0 Å². The third-order valence-electron chi connectivity index (χ3n) is 1.32. The normalized spacial score (nSPS) is 18.1. The van der Waals surface area contributed by atoms with Gasteiger partial charge in [-0.1, -0.05) is 0 Å². The van der Waals surface area contributed by atoms with E-state index >= 15 is 0 Å². The molecule has 0 rings (SSSR count). The van der Waals surface area contributed by atoms with Gasteiger partial charge in [0.05, 0.1) is 11.7 Å². The minimum atomic E-state index is -1.14. The van der Waals surface area contributed by atoms with Crippen molar-refractivity contribution in [2.24, 2.45) is 0 Å². The second-order valence-corrected chi connectivity index (χ2v) is 3.33. The SMILES string of the molecule is CC(=O)OCC(C)(O)CC(C)O. The molecular weight excluding hydrogens is 160 g/mol. The van der Waals surface area contributed by atoms with E-state index in [0.29, 0.717) is 0 Å². The Balaban J connectivity index is 3.78. The molecule has 0 aliphatic heterocycles. The van der Waals surface area contributed by atoms with Gasteiger partial charge in [0, 0.05) is 13.3 Å². The first-order valence-electron chi connectivity index (χ1n) is 3.87. The molecule has 0 saturated carbocycles. The van der Waals surface area contributed by atoms with Crippen LogP contribution in [0.5, 0.6) is 0 Å². The van der Waals surface area contributed by atoms with Crippen molar-refractivity contribution in [1.82, 2.24) is 0 Å². The van der Waals surface area contributed by atoms with Gasteiger partial charge < -0.3 is 14.9 Å². The van der Waals surface area contributed by atoms with Crippen molar-refractivity contribution in [3.63, 3.8) is 0 Å². The number of aliphatic hydroxyl groups is 2. The Hall–Kier alpha value is -0.610. The lowest BCUT2D eigenvalue weighted by molar-refractivity contribution is -0.149. The largest absolute Gasteiger partial charge is 0.463 e. The Morgan fingerprint density at radius 2 is 2.17 bits per heavy atom. The van der Waals surface area contributed by atoms with Gasteiger partial charge in [-0.05, 0) is 13.8 Å². The highest BCUT2D eigenvalue weighted by Gasteiger charge is 2.23. The van der Waals surface area contributed by atoms with Crippen LogP contribution in [0.1, 0.15) is 27.2 Å². The zero-order valence-electron chi connectivity index (χ0n) is 7.70. The molecule has 0 radical (unpaired) electrons. The van der Waals surface area contributed by atoms with Gasteiger partial charge in [-0.25, -0.2) is 0 Å². The molecule has 0 aliphatic rings. The summed E-state index contributed by atoms with van der Waals surface area (Å²) in [4.78, 5) is 10.4. The Labute approximate surface area is 72.2 Å². The monoisotopic (exact) mass is 176 g/mol. The Bertz CT molecular complexity index is 151. The molecule has 0 fully saturated rings. The number of ether oxygens (including phenoxy) is 1. The van der Waals surface area contributed by atoms with Crippen LogP contribution in [0, 0.1) is 0 Å². The molecule has 0 saturated heterocycles. The van der Waals surface area contributed by atoms with E-state index in [0.717, 1.165) is 0 Å². The van der Waals surface area contributed by atoms with Crippen LogP contribution in [0.4, 0.5) is 0 Å². The molecule has 0 spiro atoms. The van der Waals surface area contributed by atoms with Crippen LogP contribution in [-0.2, 0) is 9.53 Å². The van der Waals surface area contributed by atoms with Crippen molar-refractivity contribution in [1.29, 1.82) is 0 Å². The molecule has 0 heterocycles. The first kappa shape index (κ1) is 11.4. The van der Waals surface area contributed by atoms with Crippen LogP contribution in [0.25, 0.3) is 0 Å². The van der Waals surface area contributed by atoms with E-state index in [-0.39, 0.29) is 13.0 Å². The summed E-state index contributed by atoms with van der Waals surface area (Å²) in [6.07, 6.45) is -0.407.